The summed E-state index contributed by atoms with van der Waals surface area (Å²) in [6.07, 6.45) is 5.25. The maximum Gasteiger partial charge on any atom is 0.253 e. The molecule has 0 bridgehead atoms. The molecule has 0 unspecified atom stereocenters. The van der Waals surface area contributed by atoms with Crippen LogP contribution in [0, 0.1) is 0 Å². The topological polar surface area (TPSA) is 56.7 Å². The predicted molar refractivity (Wildman–Crippen MR) is 94.6 cm³/mol. The zero-order chi connectivity index (χ0) is 16.5. The van der Waals surface area contributed by atoms with Gasteiger partial charge in [-0.05, 0) is 37.0 Å². The van der Waals surface area contributed by atoms with E-state index in [0.29, 0.717) is 13.1 Å². The highest BCUT2D eigenvalue weighted by molar-refractivity contribution is 5.94. The van der Waals surface area contributed by atoms with Crippen molar-refractivity contribution in [2.24, 2.45) is 4.99 Å². The summed E-state index contributed by atoms with van der Waals surface area (Å²) in [5.41, 5.74) is 1.88. The van der Waals surface area contributed by atoms with Gasteiger partial charge in [0, 0.05) is 38.8 Å². The summed E-state index contributed by atoms with van der Waals surface area (Å²) >= 11 is 0. The van der Waals surface area contributed by atoms with Crippen LogP contribution in [0.3, 0.4) is 0 Å². The Bertz CT molecular complexity index is 545. The lowest BCUT2D eigenvalue weighted by Gasteiger charge is -2.26. The van der Waals surface area contributed by atoms with Crippen LogP contribution in [-0.2, 0) is 6.54 Å². The smallest absolute Gasteiger partial charge is 0.253 e. The summed E-state index contributed by atoms with van der Waals surface area (Å²) in [4.78, 5) is 18.5. The van der Waals surface area contributed by atoms with E-state index >= 15 is 0 Å². The second-order valence-electron chi connectivity index (χ2n) is 5.65. The summed E-state index contributed by atoms with van der Waals surface area (Å²) in [6.45, 7) is 6.76. The van der Waals surface area contributed by atoms with Gasteiger partial charge < -0.3 is 15.5 Å². The molecule has 1 aromatic rings. The minimum absolute atomic E-state index is 0.146. The maximum absolute atomic E-state index is 12.4. The number of rotatable bonds is 5. The lowest BCUT2D eigenvalue weighted by molar-refractivity contribution is 0.0724. The summed E-state index contributed by atoms with van der Waals surface area (Å²) in [7, 11) is 1.73. The van der Waals surface area contributed by atoms with Crippen LogP contribution in [0.1, 0.15) is 35.2 Å². The first kappa shape index (κ1) is 17.1. The number of piperidine rings is 1. The van der Waals surface area contributed by atoms with Gasteiger partial charge in [-0.25, -0.2) is 0 Å². The van der Waals surface area contributed by atoms with Crippen LogP contribution in [0.2, 0.25) is 0 Å². The molecule has 2 N–H and O–H groups in total. The number of aliphatic imine (C=N–C) groups is 1. The van der Waals surface area contributed by atoms with Crippen LogP contribution in [-0.4, -0.2) is 43.4 Å². The standard InChI is InChI=1S/C18H26N4O/c1-3-11-20-18(19-2)21-14-15-7-9-16(10-8-15)17(23)22-12-5-4-6-13-22/h3,7-10H,1,4-6,11-14H2,2H3,(H2,19,20,21). The van der Waals surface area contributed by atoms with Crippen molar-refractivity contribution in [2.75, 3.05) is 26.7 Å². The van der Waals surface area contributed by atoms with Gasteiger partial charge in [0.2, 0.25) is 0 Å². The van der Waals surface area contributed by atoms with Gasteiger partial charge in [-0.2, -0.15) is 0 Å². The van der Waals surface area contributed by atoms with Crippen molar-refractivity contribution in [3.05, 3.63) is 48.0 Å². The molecular formula is C18H26N4O. The fraction of sp³-hybridized carbons (Fsp3) is 0.444. The van der Waals surface area contributed by atoms with E-state index in [1.165, 1.54) is 6.42 Å². The van der Waals surface area contributed by atoms with Crippen LogP contribution < -0.4 is 10.6 Å². The Morgan fingerprint density at radius 2 is 1.91 bits per heavy atom. The minimum atomic E-state index is 0.146. The first-order valence-electron chi connectivity index (χ1n) is 8.18. The highest BCUT2D eigenvalue weighted by atomic mass is 16.2. The van der Waals surface area contributed by atoms with E-state index < -0.39 is 0 Å². The molecule has 1 amide bonds. The Labute approximate surface area is 138 Å². The predicted octanol–water partition coefficient (Wildman–Crippen LogP) is 2.16. The van der Waals surface area contributed by atoms with Crippen molar-refractivity contribution in [1.82, 2.24) is 15.5 Å². The third-order valence-corrected chi connectivity index (χ3v) is 3.94. The van der Waals surface area contributed by atoms with Gasteiger partial charge in [0.05, 0.1) is 0 Å². The zero-order valence-corrected chi connectivity index (χ0v) is 13.8. The number of nitrogens with zero attached hydrogens (tertiary/aromatic N) is 2. The molecule has 1 fully saturated rings. The van der Waals surface area contributed by atoms with Crippen LogP contribution in [0.25, 0.3) is 0 Å². The van der Waals surface area contributed by atoms with E-state index in [-0.39, 0.29) is 5.91 Å². The molecule has 0 aliphatic carbocycles. The van der Waals surface area contributed by atoms with Gasteiger partial charge in [-0.15, -0.1) is 6.58 Å². The van der Waals surface area contributed by atoms with Crippen molar-refractivity contribution in [2.45, 2.75) is 25.8 Å². The molecule has 0 atom stereocenters. The number of amides is 1. The maximum atomic E-state index is 12.4. The molecule has 1 aliphatic heterocycles. The summed E-state index contributed by atoms with van der Waals surface area (Å²) in [6, 6.07) is 7.80. The number of nitrogens with one attached hydrogen (secondary N) is 2. The Kier molecular flexibility index (Phi) is 6.66. The van der Waals surface area contributed by atoms with Crippen molar-refractivity contribution in [1.29, 1.82) is 0 Å². The molecular weight excluding hydrogens is 288 g/mol. The molecule has 0 spiro atoms. The fourth-order valence-corrected chi connectivity index (χ4v) is 2.62. The molecule has 5 nitrogen and oxygen atoms in total. The quantitative estimate of drug-likeness (QED) is 0.497. The molecule has 0 radical (unpaired) electrons. The number of hydrogen-bond donors (Lipinski definition) is 2. The molecule has 0 saturated carbocycles. The largest absolute Gasteiger partial charge is 0.353 e. The van der Waals surface area contributed by atoms with Crippen LogP contribution in [0.4, 0.5) is 0 Å². The van der Waals surface area contributed by atoms with Crippen LogP contribution in [0.15, 0.2) is 41.9 Å². The van der Waals surface area contributed by atoms with Crippen molar-refractivity contribution >= 4 is 11.9 Å². The molecule has 1 heterocycles. The number of carbonyl (C=O) groups excluding carboxylic acids is 1. The lowest BCUT2D eigenvalue weighted by Crippen LogP contribution is -2.37. The Morgan fingerprint density at radius 3 is 2.52 bits per heavy atom. The first-order valence-corrected chi connectivity index (χ1v) is 8.18. The van der Waals surface area contributed by atoms with Gasteiger partial charge in [-0.1, -0.05) is 18.2 Å². The molecule has 1 saturated heterocycles. The molecule has 124 valence electrons. The zero-order valence-electron chi connectivity index (χ0n) is 13.8. The van der Waals surface area contributed by atoms with E-state index in [9.17, 15) is 4.79 Å². The lowest BCUT2D eigenvalue weighted by atomic mass is 10.1. The molecule has 1 aromatic carbocycles. The molecule has 5 heteroatoms. The average Bonchev–Trinajstić information content (AvgIpc) is 2.62. The van der Waals surface area contributed by atoms with Gasteiger partial charge >= 0.3 is 0 Å². The average molecular weight is 314 g/mol. The van der Waals surface area contributed by atoms with Crippen LogP contribution >= 0.6 is 0 Å². The van der Waals surface area contributed by atoms with Gasteiger partial charge in [0.1, 0.15) is 0 Å². The van der Waals surface area contributed by atoms with Crippen LogP contribution in [0.5, 0.6) is 0 Å². The number of hydrogen-bond acceptors (Lipinski definition) is 2. The summed E-state index contributed by atoms with van der Waals surface area (Å²) in [5, 5.41) is 6.35. The summed E-state index contributed by atoms with van der Waals surface area (Å²) in [5.74, 6) is 0.881. The number of guanidine groups is 1. The van der Waals surface area contributed by atoms with Crippen molar-refractivity contribution in [3.8, 4) is 0 Å². The second kappa shape index (κ2) is 8.98. The van der Waals surface area contributed by atoms with Crippen molar-refractivity contribution in [3.63, 3.8) is 0 Å². The number of benzene rings is 1. The van der Waals surface area contributed by atoms with E-state index in [1.54, 1.807) is 13.1 Å². The Morgan fingerprint density at radius 1 is 1.22 bits per heavy atom. The first-order chi connectivity index (χ1) is 11.2. The monoisotopic (exact) mass is 314 g/mol. The number of carbonyl (C=O) groups is 1. The molecule has 2 rings (SSSR count). The Balaban J connectivity index is 1.88. The van der Waals surface area contributed by atoms with E-state index in [4.69, 9.17) is 0 Å². The molecule has 0 aromatic heterocycles. The van der Waals surface area contributed by atoms with E-state index in [1.807, 2.05) is 29.2 Å². The minimum Gasteiger partial charge on any atom is -0.353 e. The number of likely N-dealkylation sites (tertiary alicyclic amines) is 1. The summed E-state index contributed by atoms with van der Waals surface area (Å²) < 4.78 is 0. The van der Waals surface area contributed by atoms with E-state index in [2.05, 4.69) is 22.2 Å². The van der Waals surface area contributed by atoms with Crippen molar-refractivity contribution < 1.29 is 4.79 Å². The van der Waals surface area contributed by atoms with Gasteiger partial charge in [-0.3, -0.25) is 9.79 Å². The van der Waals surface area contributed by atoms with E-state index in [0.717, 1.165) is 43.0 Å². The fourth-order valence-electron chi connectivity index (χ4n) is 2.62. The SMILES string of the molecule is C=CCNC(=NC)NCc1ccc(C(=O)N2CCCCC2)cc1. The third kappa shape index (κ3) is 5.13. The van der Waals surface area contributed by atoms with Gasteiger partial charge in [0.15, 0.2) is 5.96 Å². The molecule has 23 heavy (non-hydrogen) atoms. The van der Waals surface area contributed by atoms with Gasteiger partial charge in [0.25, 0.3) is 5.91 Å². The Hall–Kier alpha value is -2.30. The third-order valence-electron chi connectivity index (χ3n) is 3.94. The highest BCUT2D eigenvalue weighted by Crippen LogP contribution is 2.13. The molecule has 1 aliphatic rings. The second-order valence-corrected chi connectivity index (χ2v) is 5.65. The normalized spacial score (nSPS) is 15.2. The highest BCUT2D eigenvalue weighted by Gasteiger charge is 2.17.